The second-order valence-corrected chi connectivity index (χ2v) is 5.87. The predicted octanol–water partition coefficient (Wildman–Crippen LogP) is 1.79. The smallest absolute Gasteiger partial charge is 0.329 e. The van der Waals surface area contributed by atoms with Crippen LogP contribution < -0.4 is 5.32 Å². The van der Waals surface area contributed by atoms with Gasteiger partial charge in [-0.2, -0.15) is 0 Å². The zero-order valence-corrected chi connectivity index (χ0v) is 12.3. The Morgan fingerprint density at radius 3 is 2.76 bits per heavy atom. The van der Waals surface area contributed by atoms with Crippen LogP contribution >= 0.6 is 11.8 Å². The van der Waals surface area contributed by atoms with E-state index in [1.807, 2.05) is 29.0 Å². The molecule has 2 heterocycles. The van der Waals surface area contributed by atoms with Gasteiger partial charge in [-0.25, -0.2) is 9.78 Å². The minimum atomic E-state index is -1.12. The molecule has 7 heteroatoms. The number of carboxylic acids is 1. The zero-order chi connectivity index (χ0) is 15.0. The van der Waals surface area contributed by atoms with E-state index in [-0.39, 0.29) is 5.69 Å². The predicted molar refractivity (Wildman–Crippen MR) is 78.7 cm³/mol. The largest absolute Gasteiger partial charge is 0.480 e. The van der Waals surface area contributed by atoms with Crippen molar-refractivity contribution in [3.8, 4) is 0 Å². The van der Waals surface area contributed by atoms with Gasteiger partial charge in [0, 0.05) is 6.20 Å². The average molecular weight is 305 g/mol. The fourth-order valence-corrected chi connectivity index (χ4v) is 3.06. The lowest BCUT2D eigenvalue weighted by atomic mass is 9.76. The first-order valence-corrected chi connectivity index (χ1v) is 7.87. The molecule has 110 valence electrons. The van der Waals surface area contributed by atoms with E-state index in [1.54, 1.807) is 6.07 Å². The van der Waals surface area contributed by atoms with Gasteiger partial charge in [0.1, 0.15) is 5.54 Å². The molecule has 0 saturated heterocycles. The normalized spacial score (nSPS) is 16.4. The Bertz CT molecular complexity index is 721. The van der Waals surface area contributed by atoms with Crippen molar-refractivity contribution in [2.75, 3.05) is 6.26 Å². The highest BCUT2D eigenvalue weighted by molar-refractivity contribution is 7.98. The lowest BCUT2D eigenvalue weighted by Gasteiger charge is -2.37. The summed E-state index contributed by atoms with van der Waals surface area (Å²) in [5.74, 6) is -1.41. The number of aliphatic carboxylic acids is 1. The van der Waals surface area contributed by atoms with Crippen LogP contribution in [-0.4, -0.2) is 38.2 Å². The van der Waals surface area contributed by atoms with Crippen LogP contribution in [-0.2, 0) is 4.79 Å². The Kier molecular flexibility index (Phi) is 3.36. The molecule has 3 rings (SSSR count). The fraction of sp³-hybridized carbons (Fsp3) is 0.357. The van der Waals surface area contributed by atoms with Gasteiger partial charge < -0.3 is 10.4 Å². The molecule has 2 N–H and O–H groups in total. The third-order valence-electron chi connectivity index (χ3n) is 3.88. The van der Waals surface area contributed by atoms with E-state index in [4.69, 9.17) is 0 Å². The molecule has 0 bridgehead atoms. The first-order valence-electron chi connectivity index (χ1n) is 6.64. The monoisotopic (exact) mass is 305 g/mol. The molecule has 1 aliphatic rings. The fourth-order valence-electron chi connectivity index (χ4n) is 2.52. The summed E-state index contributed by atoms with van der Waals surface area (Å²) in [5, 5.41) is 12.7. The Balaban J connectivity index is 1.97. The van der Waals surface area contributed by atoms with Crippen molar-refractivity contribution in [1.29, 1.82) is 0 Å². The van der Waals surface area contributed by atoms with E-state index in [0.29, 0.717) is 23.5 Å². The number of carbonyl (C=O) groups excluding carboxylic acids is 1. The summed E-state index contributed by atoms with van der Waals surface area (Å²) in [6.07, 6.45) is 5.46. The molecule has 0 unspecified atom stereocenters. The molecule has 6 nitrogen and oxygen atoms in total. The topological polar surface area (TPSA) is 83.7 Å². The van der Waals surface area contributed by atoms with E-state index in [0.717, 1.165) is 6.42 Å². The maximum atomic E-state index is 12.4. The molecule has 1 amide bonds. The molecule has 1 aliphatic carbocycles. The number of carbonyl (C=O) groups is 2. The summed E-state index contributed by atoms with van der Waals surface area (Å²) in [6, 6.07) is 5.49. The van der Waals surface area contributed by atoms with Gasteiger partial charge in [0.15, 0.2) is 10.9 Å². The zero-order valence-electron chi connectivity index (χ0n) is 11.5. The summed E-state index contributed by atoms with van der Waals surface area (Å²) < 4.78 is 1.83. The maximum Gasteiger partial charge on any atom is 0.329 e. The third kappa shape index (κ3) is 2.17. The Hall–Kier alpha value is -2.02. The van der Waals surface area contributed by atoms with Crippen LogP contribution in [0.3, 0.4) is 0 Å². The van der Waals surface area contributed by atoms with Gasteiger partial charge in [0.05, 0.1) is 5.52 Å². The number of hydrogen-bond acceptors (Lipinski definition) is 4. The van der Waals surface area contributed by atoms with Crippen LogP contribution in [0.25, 0.3) is 5.52 Å². The molecule has 0 spiro atoms. The molecule has 2 aromatic rings. The van der Waals surface area contributed by atoms with Gasteiger partial charge in [0.25, 0.3) is 5.91 Å². The highest BCUT2D eigenvalue weighted by atomic mass is 32.2. The molecular formula is C14H15N3O3S. The number of hydrogen-bond donors (Lipinski definition) is 2. The van der Waals surface area contributed by atoms with Crippen molar-refractivity contribution < 1.29 is 14.7 Å². The van der Waals surface area contributed by atoms with Crippen molar-refractivity contribution in [1.82, 2.24) is 14.7 Å². The second-order valence-electron chi connectivity index (χ2n) is 5.10. The molecular weight excluding hydrogens is 290 g/mol. The highest BCUT2D eigenvalue weighted by Crippen LogP contribution is 2.32. The number of amides is 1. The number of aromatic nitrogens is 2. The first kappa shape index (κ1) is 13.9. The van der Waals surface area contributed by atoms with E-state index >= 15 is 0 Å². The van der Waals surface area contributed by atoms with Crippen molar-refractivity contribution in [2.45, 2.75) is 30.0 Å². The molecule has 1 saturated carbocycles. The molecule has 21 heavy (non-hydrogen) atoms. The number of fused-ring (bicyclic) bond motifs is 1. The number of pyridine rings is 1. The van der Waals surface area contributed by atoms with Gasteiger partial charge in [0.2, 0.25) is 0 Å². The summed E-state index contributed by atoms with van der Waals surface area (Å²) in [6.45, 7) is 0. The lowest BCUT2D eigenvalue weighted by molar-refractivity contribution is -0.148. The maximum absolute atomic E-state index is 12.4. The molecule has 0 aliphatic heterocycles. The second kappa shape index (κ2) is 5.07. The number of imidazole rings is 1. The van der Waals surface area contributed by atoms with Crippen LogP contribution in [0.5, 0.6) is 0 Å². The molecule has 0 atom stereocenters. The third-order valence-corrected chi connectivity index (χ3v) is 4.54. The lowest BCUT2D eigenvalue weighted by Crippen LogP contribution is -2.59. The quantitative estimate of drug-likeness (QED) is 0.841. The SMILES string of the molecule is CSc1nc(C(=O)NC2(C(=O)O)CCC2)c2ccccn12. The van der Waals surface area contributed by atoms with Crippen LogP contribution in [0.2, 0.25) is 0 Å². The van der Waals surface area contributed by atoms with Crippen molar-refractivity contribution in [3.63, 3.8) is 0 Å². The summed E-state index contributed by atoms with van der Waals surface area (Å²) in [5.41, 5.74) is -0.173. The van der Waals surface area contributed by atoms with Crippen molar-refractivity contribution in [3.05, 3.63) is 30.1 Å². The number of thioether (sulfide) groups is 1. The van der Waals surface area contributed by atoms with Crippen molar-refractivity contribution in [2.24, 2.45) is 0 Å². The number of nitrogens with one attached hydrogen (secondary N) is 1. The van der Waals surface area contributed by atoms with Gasteiger partial charge in [-0.3, -0.25) is 9.20 Å². The van der Waals surface area contributed by atoms with Crippen LogP contribution in [0, 0.1) is 0 Å². The van der Waals surface area contributed by atoms with Gasteiger partial charge in [-0.1, -0.05) is 17.8 Å². The highest BCUT2D eigenvalue weighted by Gasteiger charge is 2.46. The average Bonchev–Trinajstić information content (AvgIpc) is 2.81. The van der Waals surface area contributed by atoms with Crippen LogP contribution in [0.15, 0.2) is 29.6 Å². The van der Waals surface area contributed by atoms with Crippen molar-refractivity contribution >= 4 is 29.2 Å². The standard InChI is InChI=1S/C14H15N3O3S/c1-21-13-15-10(9-5-2-3-8-17(9)13)11(18)16-14(12(19)20)6-4-7-14/h2-3,5,8H,4,6-7H2,1H3,(H,16,18)(H,19,20). The van der Waals surface area contributed by atoms with Crippen LogP contribution in [0.4, 0.5) is 0 Å². The van der Waals surface area contributed by atoms with Gasteiger partial charge in [-0.05, 0) is 37.7 Å². The summed E-state index contributed by atoms with van der Waals surface area (Å²) in [7, 11) is 0. The van der Waals surface area contributed by atoms with Crippen LogP contribution in [0.1, 0.15) is 29.8 Å². The minimum Gasteiger partial charge on any atom is -0.480 e. The van der Waals surface area contributed by atoms with Gasteiger partial charge in [-0.15, -0.1) is 0 Å². The van der Waals surface area contributed by atoms with E-state index in [2.05, 4.69) is 10.3 Å². The molecule has 2 aromatic heterocycles. The molecule has 0 radical (unpaired) electrons. The Morgan fingerprint density at radius 2 is 2.19 bits per heavy atom. The van der Waals surface area contributed by atoms with Gasteiger partial charge >= 0.3 is 5.97 Å². The number of carboxylic acid groups (broad SMARTS) is 1. The van der Waals surface area contributed by atoms with E-state index in [9.17, 15) is 14.7 Å². The van der Waals surface area contributed by atoms with E-state index in [1.165, 1.54) is 11.8 Å². The minimum absolute atomic E-state index is 0.271. The Labute approximate surface area is 125 Å². The molecule has 0 aromatic carbocycles. The summed E-state index contributed by atoms with van der Waals surface area (Å²) in [4.78, 5) is 28.1. The number of rotatable bonds is 4. The first-order chi connectivity index (χ1) is 10.1. The summed E-state index contributed by atoms with van der Waals surface area (Å²) >= 11 is 1.44. The Morgan fingerprint density at radius 1 is 1.43 bits per heavy atom. The van der Waals surface area contributed by atoms with E-state index < -0.39 is 17.4 Å². The molecule has 1 fully saturated rings. The number of nitrogens with zero attached hydrogens (tertiary/aromatic N) is 2.